The molecule has 1 unspecified atom stereocenters. The van der Waals surface area contributed by atoms with Crippen molar-refractivity contribution in [3.05, 3.63) is 59.9 Å². The van der Waals surface area contributed by atoms with Gasteiger partial charge >= 0.3 is 0 Å². The second-order valence-electron chi connectivity index (χ2n) is 6.84. The highest BCUT2D eigenvalue weighted by molar-refractivity contribution is 6.06. The lowest BCUT2D eigenvalue weighted by atomic mass is 9.88. The molecule has 0 radical (unpaired) electrons. The molecular weight excluding hydrogens is 302 g/mol. The Kier molecular flexibility index (Phi) is 5.34. The fraction of sp³-hybridized carbons (Fsp3) is 0.316. The minimum atomic E-state index is -0.276. The minimum Gasteiger partial charge on any atom is -0.349 e. The van der Waals surface area contributed by atoms with E-state index in [0.29, 0.717) is 16.8 Å². The van der Waals surface area contributed by atoms with Crippen molar-refractivity contribution in [2.75, 3.05) is 5.32 Å². The molecule has 5 heteroatoms. The van der Waals surface area contributed by atoms with Crippen LogP contribution >= 0.6 is 0 Å². The number of hydrogen-bond donors (Lipinski definition) is 2. The van der Waals surface area contributed by atoms with Crippen LogP contribution in [0.5, 0.6) is 0 Å². The summed E-state index contributed by atoms with van der Waals surface area (Å²) >= 11 is 0. The minimum absolute atomic E-state index is 0.0119. The molecule has 0 bridgehead atoms. The summed E-state index contributed by atoms with van der Waals surface area (Å²) in [5.74, 6) is -0.463. The first-order valence-corrected chi connectivity index (χ1v) is 7.89. The van der Waals surface area contributed by atoms with E-state index in [-0.39, 0.29) is 23.3 Å². The summed E-state index contributed by atoms with van der Waals surface area (Å²) in [5, 5.41) is 5.73. The van der Waals surface area contributed by atoms with E-state index in [0.717, 1.165) is 0 Å². The van der Waals surface area contributed by atoms with Gasteiger partial charge < -0.3 is 10.6 Å². The zero-order valence-corrected chi connectivity index (χ0v) is 14.5. The van der Waals surface area contributed by atoms with E-state index in [2.05, 4.69) is 36.4 Å². The fourth-order valence-corrected chi connectivity index (χ4v) is 1.94. The van der Waals surface area contributed by atoms with Crippen molar-refractivity contribution in [2.45, 2.75) is 33.7 Å². The molecule has 2 amide bonds. The van der Waals surface area contributed by atoms with Crippen LogP contribution in [0.2, 0.25) is 0 Å². The molecule has 0 spiro atoms. The monoisotopic (exact) mass is 325 g/mol. The van der Waals surface area contributed by atoms with E-state index >= 15 is 0 Å². The van der Waals surface area contributed by atoms with Gasteiger partial charge in [0.25, 0.3) is 11.8 Å². The Morgan fingerprint density at radius 1 is 1.04 bits per heavy atom. The smallest absolute Gasteiger partial charge is 0.255 e. The highest BCUT2D eigenvalue weighted by Gasteiger charge is 2.22. The van der Waals surface area contributed by atoms with Gasteiger partial charge in [-0.15, -0.1) is 0 Å². The molecule has 0 saturated carbocycles. The Bertz CT molecular complexity index is 721. The highest BCUT2D eigenvalue weighted by atomic mass is 16.2. The number of carbonyl (C=O) groups excluding carboxylic acids is 2. The Hall–Kier alpha value is -2.69. The summed E-state index contributed by atoms with van der Waals surface area (Å²) < 4.78 is 0. The number of nitrogens with zero attached hydrogens (tertiary/aromatic N) is 1. The molecular formula is C19H23N3O2. The maximum Gasteiger partial charge on any atom is 0.255 e. The average molecular weight is 325 g/mol. The molecule has 2 N–H and O–H groups in total. The summed E-state index contributed by atoms with van der Waals surface area (Å²) in [7, 11) is 0. The van der Waals surface area contributed by atoms with Gasteiger partial charge in [0.1, 0.15) is 0 Å². The molecule has 0 aliphatic rings. The van der Waals surface area contributed by atoms with Crippen molar-refractivity contribution in [3.8, 4) is 0 Å². The lowest BCUT2D eigenvalue weighted by Crippen LogP contribution is -2.41. The lowest BCUT2D eigenvalue weighted by Gasteiger charge is -2.28. The number of amides is 2. The van der Waals surface area contributed by atoms with Crippen molar-refractivity contribution in [2.24, 2.45) is 5.41 Å². The van der Waals surface area contributed by atoms with Gasteiger partial charge in [0.2, 0.25) is 0 Å². The van der Waals surface area contributed by atoms with Crippen LogP contribution in [0.4, 0.5) is 5.69 Å². The number of benzene rings is 1. The molecule has 0 aliphatic heterocycles. The van der Waals surface area contributed by atoms with E-state index < -0.39 is 0 Å². The van der Waals surface area contributed by atoms with Crippen molar-refractivity contribution in [1.29, 1.82) is 0 Å². The average Bonchev–Trinajstić information content (AvgIpc) is 2.55. The molecule has 5 nitrogen and oxygen atoms in total. The van der Waals surface area contributed by atoms with Crippen molar-refractivity contribution >= 4 is 17.5 Å². The summed E-state index contributed by atoms with van der Waals surface area (Å²) in [6.45, 7) is 8.16. The van der Waals surface area contributed by atoms with E-state index in [1.54, 1.807) is 48.8 Å². The molecule has 2 aromatic rings. The lowest BCUT2D eigenvalue weighted by molar-refractivity contribution is 0.0910. The number of rotatable bonds is 4. The normalized spacial score (nSPS) is 12.3. The van der Waals surface area contributed by atoms with Crippen LogP contribution in [0.25, 0.3) is 0 Å². The molecule has 0 saturated heterocycles. The third-order valence-electron chi connectivity index (χ3n) is 3.95. The van der Waals surface area contributed by atoms with E-state index in [1.165, 1.54) is 0 Å². The number of anilines is 1. The maximum atomic E-state index is 12.4. The third-order valence-corrected chi connectivity index (χ3v) is 3.95. The van der Waals surface area contributed by atoms with Gasteiger partial charge in [-0.3, -0.25) is 14.6 Å². The van der Waals surface area contributed by atoms with Crippen molar-refractivity contribution < 1.29 is 9.59 Å². The van der Waals surface area contributed by atoms with Crippen LogP contribution < -0.4 is 10.6 Å². The molecule has 1 aromatic heterocycles. The number of nitrogens with one attached hydrogen (secondary N) is 2. The zero-order valence-electron chi connectivity index (χ0n) is 14.5. The van der Waals surface area contributed by atoms with Crippen LogP contribution in [0.15, 0.2) is 48.8 Å². The maximum absolute atomic E-state index is 12.4. The molecule has 24 heavy (non-hydrogen) atoms. The largest absolute Gasteiger partial charge is 0.349 e. The quantitative estimate of drug-likeness (QED) is 0.904. The standard InChI is InChI=1S/C19H23N3O2/c1-13(19(2,3)4)21-17(23)14-7-5-8-15(11-14)18(24)22-16-9-6-10-20-12-16/h5-13H,1-4H3,(H,21,23)(H,22,24). The number of carbonyl (C=O) groups is 2. The van der Waals surface area contributed by atoms with Gasteiger partial charge in [0.15, 0.2) is 0 Å². The molecule has 2 rings (SSSR count). The fourth-order valence-electron chi connectivity index (χ4n) is 1.94. The molecule has 0 aliphatic carbocycles. The third kappa shape index (κ3) is 4.65. The number of pyridine rings is 1. The van der Waals surface area contributed by atoms with Crippen molar-refractivity contribution in [1.82, 2.24) is 10.3 Å². The van der Waals surface area contributed by atoms with E-state index in [4.69, 9.17) is 0 Å². The van der Waals surface area contributed by atoms with Crippen LogP contribution in [0.1, 0.15) is 48.4 Å². The van der Waals surface area contributed by atoms with Gasteiger partial charge in [0.05, 0.1) is 11.9 Å². The SMILES string of the molecule is CC(NC(=O)c1cccc(C(=O)Nc2cccnc2)c1)C(C)(C)C. The molecule has 1 atom stereocenters. The summed E-state index contributed by atoms with van der Waals surface area (Å²) in [4.78, 5) is 28.6. The Balaban J connectivity index is 2.11. The zero-order chi connectivity index (χ0) is 17.7. The predicted octanol–water partition coefficient (Wildman–Crippen LogP) is 3.50. The predicted molar refractivity (Wildman–Crippen MR) is 95.0 cm³/mol. The summed E-state index contributed by atoms with van der Waals surface area (Å²) in [5.41, 5.74) is 1.46. The first-order chi connectivity index (χ1) is 11.3. The topological polar surface area (TPSA) is 71.1 Å². The van der Waals surface area contributed by atoms with E-state index in [1.807, 2.05) is 6.92 Å². The Morgan fingerprint density at radius 2 is 1.71 bits per heavy atom. The molecule has 1 aromatic carbocycles. The van der Waals surface area contributed by atoms with E-state index in [9.17, 15) is 9.59 Å². The Morgan fingerprint density at radius 3 is 2.29 bits per heavy atom. The van der Waals surface area contributed by atoms with Crippen LogP contribution in [0.3, 0.4) is 0 Å². The van der Waals surface area contributed by atoms with Crippen LogP contribution in [0, 0.1) is 5.41 Å². The second kappa shape index (κ2) is 7.25. The van der Waals surface area contributed by atoms with Crippen molar-refractivity contribution in [3.63, 3.8) is 0 Å². The summed E-state index contributed by atoms with van der Waals surface area (Å²) in [6.07, 6.45) is 3.20. The highest BCUT2D eigenvalue weighted by Crippen LogP contribution is 2.19. The number of hydrogen-bond acceptors (Lipinski definition) is 3. The van der Waals surface area contributed by atoms with Gasteiger partial charge in [-0.2, -0.15) is 0 Å². The molecule has 0 fully saturated rings. The van der Waals surface area contributed by atoms with Gasteiger partial charge in [0, 0.05) is 23.4 Å². The van der Waals surface area contributed by atoms with Gasteiger partial charge in [-0.05, 0) is 42.7 Å². The Labute approximate surface area is 142 Å². The van der Waals surface area contributed by atoms with Crippen LogP contribution in [-0.2, 0) is 0 Å². The van der Waals surface area contributed by atoms with Crippen LogP contribution in [-0.4, -0.2) is 22.8 Å². The van der Waals surface area contributed by atoms with Gasteiger partial charge in [-0.25, -0.2) is 0 Å². The molecule has 1 heterocycles. The molecule has 126 valence electrons. The first kappa shape index (κ1) is 17.7. The van der Waals surface area contributed by atoms with Gasteiger partial charge in [-0.1, -0.05) is 26.8 Å². The first-order valence-electron chi connectivity index (χ1n) is 7.89. The summed E-state index contributed by atoms with van der Waals surface area (Å²) in [6, 6.07) is 10.2. The number of aromatic nitrogens is 1. The second-order valence-corrected chi connectivity index (χ2v) is 6.84.